The van der Waals surface area contributed by atoms with Crippen LogP contribution in [0, 0.1) is 0 Å². The highest BCUT2D eigenvalue weighted by Crippen LogP contribution is 2.32. The molecule has 26 heavy (non-hydrogen) atoms. The molecular formula is C22H14ClNO2. The summed E-state index contributed by atoms with van der Waals surface area (Å²) in [7, 11) is 0. The average Bonchev–Trinajstić information content (AvgIpc) is 2.68. The molecule has 1 aromatic heterocycles. The molecule has 4 rings (SSSR count). The number of aromatic carboxylic acids is 1. The summed E-state index contributed by atoms with van der Waals surface area (Å²) < 4.78 is 0. The van der Waals surface area contributed by atoms with E-state index in [-0.39, 0.29) is 5.56 Å². The fourth-order valence-electron chi connectivity index (χ4n) is 3.00. The second kappa shape index (κ2) is 6.62. The standard InChI is InChI=1S/C22H14ClNO2/c23-17-9-5-14(6-10-17)18-3-1-2-4-19(18)21-12-7-15-13-16(22(25)26)8-11-20(15)24-21/h1-13H,(H,25,26). The van der Waals surface area contributed by atoms with E-state index in [0.717, 1.165) is 33.3 Å². The third kappa shape index (κ3) is 3.05. The molecule has 0 aliphatic heterocycles. The van der Waals surface area contributed by atoms with Crippen molar-refractivity contribution < 1.29 is 9.90 Å². The Kier molecular flexibility index (Phi) is 4.15. The lowest BCUT2D eigenvalue weighted by molar-refractivity contribution is 0.0697. The molecule has 1 heterocycles. The topological polar surface area (TPSA) is 50.2 Å². The number of aromatic nitrogens is 1. The quantitative estimate of drug-likeness (QED) is 0.494. The molecule has 0 spiro atoms. The fourth-order valence-corrected chi connectivity index (χ4v) is 3.12. The largest absolute Gasteiger partial charge is 0.478 e. The fraction of sp³-hybridized carbons (Fsp3) is 0. The van der Waals surface area contributed by atoms with Crippen LogP contribution in [-0.2, 0) is 0 Å². The Hall–Kier alpha value is -3.17. The lowest BCUT2D eigenvalue weighted by Crippen LogP contribution is -1.96. The summed E-state index contributed by atoms with van der Waals surface area (Å²) in [5, 5.41) is 10.6. The first kappa shape index (κ1) is 16.3. The smallest absolute Gasteiger partial charge is 0.335 e. The van der Waals surface area contributed by atoms with E-state index in [1.54, 1.807) is 18.2 Å². The van der Waals surface area contributed by atoms with Crippen molar-refractivity contribution in [2.24, 2.45) is 0 Å². The van der Waals surface area contributed by atoms with E-state index in [4.69, 9.17) is 21.7 Å². The Labute approximate surface area is 155 Å². The number of halogens is 1. The molecule has 126 valence electrons. The predicted molar refractivity (Wildman–Crippen MR) is 105 cm³/mol. The summed E-state index contributed by atoms with van der Waals surface area (Å²) in [6.07, 6.45) is 0. The average molecular weight is 360 g/mol. The maximum atomic E-state index is 11.1. The van der Waals surface area contributed by atoms with Crippen molar-refractivity contribution in [2.75, 3.05) is 0 Å². The van der Waals surface area contributed by atoms with Gasteiger partial charge in [0.25, 0.3) is 0 Å². The predicted octanol–water partition coefficient (Wildman–Crippen LogP) is 5.92. The number of hydrogen-bond acceptors (Lipinski definition) is 2. The summed E-state index contributed by atoms with van der Waals surface area (Å²) in [5.74, 6) is -0.941. The molecule has 3 aromatic carbocycles. The number of fused-ring (bicyclic) bond motifs is 1. The Morgan fingerprint density at radius 1 is 0.846 bits per heavy atom. The number of hydrogen-bond donors (Lipinski definition) is 1. The minimum atomic E-state index is -0.941. The zero-order chi connectivity index (χ0) is 18.1. The van der Waals surface area contributed by atoms with Gasteiger partial charge in [0, 0.05) is 16.0 Å². The summed E-state index contributed by atoms with van der Waals surface area (Å²) in [5.41, 5.74) is 5.00. The van der Waals surface area contributed by atoms with Crippen LogP contribution >= 0.6 is 11.6 Å². The molecule has 0 fully saturated rings. The summed E-state index contributed by atoms with van der Waals surface area (Å²) in [6.45, 7) is 0. The van der Waals surface area contributed by atoms with Crippen LogP contribution in [-0.4, -0.2) is 16.1 Å². The van der Waals surface area contributed by atoms with Crippen LogP contribution < -0.4 is 0 Å². The number of rotatable bonds is 3. The van der Waals surface area contributed by atoms with Crippen molar-refractivity contribution in [2.45, 2.75) is 0 Å². The van der Waals surface area contributed by atoms with E-state index in [1.807, 2.05) is 54.6 Å². The number of carboxylic acid groups (broad SMARTS) is 1. The molecule has 0 radical (unpaired) electrons. The molecule has 0 aliphatic carbocycles. The van der Waals surface area contributed by atoms with Gasteiger partial charge in [0.05, 0.1) is 16.8 Å². The normalized spacial score (nSPS) is 10.8. The van der Waals surface area contributed by atoms with Crippen molar-refractivity contribution >= 4 is 28.5 Å². The van der Waals surface area contributed by atoms with E-state index in [2.05, 4.69) is 6.07 Å². The zero-order valence-electron chi connectivity index (χ0n) is 13.7. The van der Waals surface area contributed by atoms with Crippen LogP contribution in [0.1, 0.15) is 10.4 Å². The van der Waals surface area contributed by atoms with Crippen LogP contribution in [0.5, 0.6) is 0 Å². The molecule has 4 aromatic rings. The maximum absolute atomic E-state index is 11.1. The first-order valence-corrected chi connectivity index (χ1v) is 8.49. The Morgan fingerprint density at radius 3 is 2.31 bits per heavy atom. The summed E-state index contributed by atoms with van der Waals surface area (Å²) >= 11 is 6.00. The van der Waals surface area contributed by atoms with E-state index in [1.165, 1.54) is 0 Å². The van der Waals surface area contributed by atoms with Crippen LogP contribution in [0.2, 0.25) is 5.02 Å². The van der Waals surface area contributed by atoms with Crippen molar-refractivity contribution in [1.82, 2.24) is 4.98 Å². The minimum Gasteiger partial charge on any atom is -0.478 e. The van der Waals surface area contributed by atoms with Gasteiger partial charge in [0.1, 0.15) is 0 Å². The Morgan fingerprint density at radius 2 is 1.58 bits per heavy atom. The van der Waals surface area contributed by atoms with E-state index in [0.29, 0.717) is 5.02 Å². The number of pyridine rings is 1. The van der Waals surface area contributed by atoms with E-state index >= 15 is 0 Å². The highest BCUT2D eigenvalue weighted by Gasteiger charge is 2.10. The van der Waals surface area contributed by atoms with Crippen molar-refractivity contribution in [3.05, 3.63) is 89.4 Å². The molecule has 0 saturated carbocycles. The third-order valence-corrected chi connectivity index (χ3v) is 4.55. The first-order valence-electron chi connectivity index (χ1n) is 8.11. The van der Waals surface area contributed by atoms with Crippen LogP contribution in [0.15, 0.2) is 78.9 Å². The lowest BCUT2D eigenvalue weighted by Gasteiger charge is -2.10. The van der Waals surface area contributed by atoms with Gasteiger partial charge in [0.15, 0.2) is 0 Å². The van der Waals surface area contributed by atoms with E-state index < -0.39 is 5.97 Å². The monoisotopic (exact) mass is 359 g/mol. The lowest BCUT2D eigenvalue weighted by atomic mass is 9.97. The van der Waals surface area contributed by atoms with Gasteiger partial charge >= 0.3 is 5.97 Å². The number of benzene rings is 3. The molecule has 0 bridgehead atoms. The molecule has 4 heteroatoms. The maximum Gasteiger partial charge on any atom is 0.335 e. The van der Waals surface area contributed by atoms with Gasteiger partial charge in [-0.25, -0.2) is 9.78 Å². The number of carbonyl (C=O) groups is 1. The molecule has 1 N–H and O–H groups in total. The molecule has 0 saturated heterocycles. The molecular weight excluding hydrogens is 346 g/mol. The SMILES string of the molecule is O=C(O)c1ccc2nc(-c3ccccc3-c3ccc(Cl)cc3)ccc2c1. The number of carboxylic acids is 1. The van der Waals surface area contributed by atoms with Crippen LogP contribution in [0.4, 0.5) is 0 Å². The third-order valence-electron chi connectivity index (χ3n) is 4.29. The first-order chi connectivity index (χ1) is 12.6. The Bertz CT molecular complexity index is 1120. The molecule has 0 amide bonds. The second-order valence-electron chi connectivity index (χ2n) is 5.96. The second-order valence-corrected chi connectivity index (χ2v) is 6.40. The molecule has 0 atom stereocenters. The van der Waals surface area contributed by atoms with Gasteiger partial charge in [0.2, 0.25) is 0 Å². The number of nitrogens with zero attached hydrogens (tertiary/aromatic N) is 1. The molecule has 0 aliphatic rings. The van der Waals surface area contributed by atoms with Crippen LogP contribution in [0.3, 0.4) is 0 Å². The molecule has 3 nitrogen and oxygen atoms in total. The van der Waals surface area contributed by atoms with Gasteiger partial charge in [-0.1, -0.05) is 54.1 Å². The van der Waals surface area contributed by atoms with Crippen molar-refractivity contribution in [3.63, 3.8) is 0 Å². The summed E-state index contributed by atoms with van der Waals surface area (Å²) in [6, 6.07) is 24.6. The van der Waals surface area contributed by atoms with Gasteiger partial charge < -0.3 is 5.11 Å². The van der Waals surface area contributed by atoms with Crippen molar-refractivity contribution in [1.29, 1.82) is 0 Å². The zero-order valence-corrected chi connectivity index (χ0v) is 14.4. The summed E-state index contributed by atoms with van der Waals surface area (Å²) in [4.78, 5) is 15.9. The van der Waals surface area contributed by atoms with Crippen LogP contribution in [0.25, 0.3) is 33.3 Å². The van der Waals surface area contributed by atoms with E-state index in [9.17, 15) is 4.79 Å². The molecule has 0 unspecified atom stereocenters. The highest BCUT2D eigenvalue weighted by atomic mass is 35.5. The Balaban J connectivity index is 1.84. The van der Waals surface area contributed by atoms with Gasteiger partial charge in [-0.2, -0.15) is 0 Å². The van der Waals surface area contributed by atoms with Crippen molar-refractivity contribution in [3.8, 4) is 22.4 Å². The van der Waals surface area contributed by atoms with Gasteiger partial charge in [-0.05, 0) is 47.5 Å². The van der Waals surface area contributed by atoms with Gasteiger partial charge in [-0.3, -0.25) is 0 Å². The van der Waals surface area contributed by atoms with Gasteiger partial charge in [-0.15, -0.1) is 0 Å². The minimum absolute atomic E-state index is 0.258. The highest BCUT2D eigenvalue weighted by molar-refractivity contribution is 6.30.